The Morgan fingerprint density at radius 2 is 1.34 bits per heavy atom. The molecule has 2 rings (SSSR count). The van der Waals surface area contributed by atoms with Gasteiger partial charge in [-0.15, -0.1) is 0 Å². The van der Waals surface area contributed by atoms with Crippen LogP contribution < -0.4 is 14.8 Å². The first-order valence-corrected chi connectivity index (χ1v) is 10.6. The predicted molar refractivity (Wildman–Crippen MR) is 128 cm³/mol. The van der Waals surface area contributed by atoms with Crippen LogP contribution >= 0.6 is 0 Å². The first kappa shape index (κ1) is 25.1. The molecule has 0 saturated heterocycles. The third-order valence-electron chi connectivity index (χ3n) is 5.18. The summed E-state index contributed by atoms with van der Waals surface area (Å²) >= 11 is 0. The van der Waals surface area contributed by atoms with Gasteiger partial charge in [0.05, 0.1) is 14.2 Å². The molecular formula is C26H35NO5. The topological polar surface area (TPSA) is 88.0 Å². The van der Waals surface area contributed by atoms with Crippen molar-refractivity contribution in [3.63, 3.8) is 0 Å². The fourth-order valence-corrected chi connectivity index (χ4v) is 3.37. The minimum atomic E-state index is -0.265. The van der Waals surface area contributed by atoms with Crippen LogP contribution in [0.25, 0.3) is 6.08 Å². The molecule has 0 aromatic heterocycles. The van der Waals surface area contributed by atoms with E-state index in [2.05, 4.69) is 46.9 Å². The summed E-state index contributed by atoms with van der Waals surface area (Å²) < 4.78 is 10.3. The van der Waals surface area contributed by atoms with Gasteiger partial charge in [-0.05, 0) is 63.4 Å². The standard InChI is InChI=1S/C26H35NO5/c1-25(2,3)18-11-17(12-19(23(18)29)26(4,5)6)15-27-22(28)10-9-16-13-20(31-7)24(30)21(14-16)32-8/h9-14,29-30H,15H2,1-8H3,(H,27,28)/b10-9+. The number of phenols is 2. The second-order valence-electron chi connectivity index (χ2n) is 9.86. The Kier molecular flexibility index (Phi) is 7.50. The largest absolute Gasteiger partial charge is 0.507 e. The fourth-order valence-electron chi connectivity index (χ4n) is 3.37. The third-order valence-corrected chi connectivity index (χ3v) is 5.18. The Balaban J connectivity index is 2.23. The molecule has 174 valence electrons. The Morgan fingerprint density at radius 1 is 0.875 bits per heavy atom. The van der Waals surface area contributed by atoms with E-state index in [1.807, 2.05) is 12.1 Å². The maximum Gasteiger partial charge on any atom is 0.244 e. The number of carbonyl (C=O) groups is 1. The molecule has 3 N–H and O–H groups in total. The number of aromatic hydroxyl groups is 2. The summed E-state index contributed by atoms with van der Waals surface area (Å²) in [6, 6.07) is 7.13. The zero-order valence-electron chi connectivity index (χ0n) is 20.3. The van der Waals surface area contributed by atoms with E-state index in [-0.39, 0.29) is 34.0 Å². The number of nitrogens with one attached hydrogen (secondary N) is 1. The predicted octanol–water partition coefficient (Wildman–Crippen LogP) is 5.04. The summed E-state index contributed by atoms with van der Waals surface area (Å²) in [5.74, 6) is 0.484. The van der Waals surface area contributed by atoms with E-state index in [4.69, 9.17) is 9.47 Å². The smallest absolute Gasteiger partial charge is 0.244 e. The van der Waals surface area contributed by atoms with Crippen LogP contribution in [0.5, 0.6) is 23.0 Å². The molecule has 2 aromatic rings. The van der Waals surface area contributed by atoms with Crippen LogP contribution in [0, 0.1) is 0 Å². The van der Waals surface area contributed by atoms with Crippen molar-refractivity contribution in [1.29, 1.82) is 0 Å². The highest BCUT2D eigenvalue weighted by Crippen LogP contribution is 2.40. The van der Waals surface area contributed by atoms with Crippen molar-refractivity contribution in [1.82, 2.24) is 5.32 Å². The van der Waals surface area contributed by atoms with Crippen molar-refractivity contribution in [3.05, 3.63) is 52.6 Å². The van der Waals surface area contributed by atoms with E-state index < -0.39 is 0 Å². The highest BCUT2D eigenvalue weighted by atomic mass is 16.5. The van der Waals surface area contributed by atoms with Gasteiger partial charge < -0.3 is 25.0 Å². The molecule has 6 heteroatoms. The molecule has 0 spiro atoms. The molecule has 0 fully saturated rings. The highest BCUT2D eigenvalue weighted by Gasteiger charge is 2.26. The number of hydrogen-bond donors (Lipinski definition) is 3. The molecule has 32 heavy (non-hydrogen) atoms. The summed E-state index contributed by atoms with van der Waals surface area (Å²) in [7, 11) is 2.90. The monoisotopic (exact) mass is 441 g/mol. The number of benzene rings is 2. The molecule has 0 aliphatic rings. The number of hydrogen-bond acceptors (Lipinski definition) is 5. The molecule has 0 aliphatic carbocycles. The van der Waals surface area contributed by atoms with E-state index in [9.17, 15) is 15.0 Å². The van der Waals surface area contributed by atoms with Gasteiger partial charge in [0, 0.05) is 12.6 Å². The number of amides is 1. The molecule has 1 amide bonds. The van der Waals surface area contributed by atoms with Crippen LogP contribution in [0.1, 0.15) is 63.8 Å². The lowest BCUT2D eigenvalue weighted by Gasteiger charge is -2.28. The average molecular weight is 442 g/mol. The maximum atomic E-state index is 12.4. The fraction of sp³-hybridized carbons (Fsp3) is 0.423. The molecule has 0 bridgehead atoms. The van der Waals surface area contributed by atoms with E-state index in [0.29, 0.717) is 17.9 Å². The first-order valence-electron chi connectivity index (χ1n) is 10.6. The first-order chi connectivity index (χ1) is 14.8. The van der Waals surface area contributed by atoms with Gasteiger partial charge in [-0.3, -0.25) is 4.79 Å². The van der Waals surface area contributed by atoms with Gasteiger partial charge in [0.25, 0.3) is 0 Å². The van der Waals surface area contributed by atoms with Crippen LogP contribution in [0.3, 0.4) is 0 Å². The van der Waals surface area contributed by atoms with Gasteiger partial charge >= 0.3 is 0 Å². The summed E-state index contributed by atoms with van der Waals surface area (Å²) in [6.07, 6.45) is 3.04. The molecule has 6 nitrogen and oxygen atoms in total. The van der Waals surface area contributed by atoms with Crippen LogP contribution in [-0.4, -0.2) is 30.3 Å². The lowest BCUT2D eigenvalue weighted by Crippen LogP contribution is -2.22. The third kappa shape index (κ3) is 5.96. The summed E-state index contributed by atoms with van der Waals surface area (Å²) in [6.45, 7) is 12.7. The molecular weight excluding hydrogens is 406 g/mol. The zero-order valence-corrected chi connectivity index (χ0v) is 20.3. The lowest BCUT2D eigenvalue weighted by molar-refractivity contribution is -0.116. The second kappa shape index (κ2) is 9.55. The normalized spacial score (nSPS) is 12.1. The van der Waals surface area contributed by atoms with Gasteiger partial charge in [0.2, 0.25) is 11.7 Å². The van der Waals surface area contributed by atoms with E-state index in [1.54, 1.807) is 18.2 Å². The summed E-state index contributed by atoms with van der Waals surface area (Å²) in [4.78, 5) is 12.4. The minimum absolute atomic E-state index is 0.0896. The van der Waals surface area contributed by atoms with Crippen LogP contribution in [0.4, 0.5) is 0 Å². The summed E-state index contributed by atoms with van der Waals surface area (Å²) in [5.41, 5.74) is 2.82. The zero-order chi connectivity index (χ0) is 24.3. The molecule has 0 heterocycles. The van der Waals surface area contributed by atoms with Crippen LogP contribution in [0.2, 0.25) is 0 Å². The van der Waals surface area contributed by atoms with Crippen LogP contribution in [-0.2, 0) is 22.2 Å². The number of phenolic OH excluding ortho intramolecular Hbond substituents is 2. The van der Waals surface area contributed by atoms with Crippen molar-refractivity contribution >= 4 is 12.0 Å². The molecule has 0 atom stereocenters. The van der Waals surface area contributed by atoms with Gasteiger partial charge in [-0.25, -0.2) is 0 Å². The second-order valence-corrected chi connectivity index (χ2v) is 9.86. The summed E-state index contributed by atoms with van der Waals surface area (Å²) in [5, 5.41) is 23.7. The van der Waals surface area contributed by atoms with Crippen molar-refractivity contribution < 1.29 is 24.5 Å². The van der Waals surface area contributed by atoms with Gasteiger partial charge in [0.1, 0.15) is 5.75 Å². The quantitative estimate of drug-likeness (QED) is 0.547. The van der Waals surface area contributed by atoms with E-state index >= 15 is 0 Å². The highest BCUT2D eigenvalue weighted by molar-refractivity contribution is 5.91. The number of methoxy groups -OCH3 is 2. The number of rotatable bonds is 6. The Morgan fingerprint density at radius 3 is 1.75 bits per heavy atom. The Labute approximate surface area is 190 Å². The Bertz CT molecular complexity index is 950. The van der Waals surface area contributed by atoms with Crippen molar-refractivity contribution in [2.45, 2.75) is 58.9 Å². The van der Waals surface area contributed by atoms with Gasteiger partial charge in [0.15, 0.2) is 11.5 Å². The van der Waals surface area contributed by atoms with Crippen molar-refractivity contribution in [3.8, 4) is 23.0 Å². The van der Waals surface area contributed by atoms with Crippen LogP contribution in [0.15, 0.2) is 30.3 Å². The van der Waals surface area contributed by atoms with E-state index in [0.717, 1.165) is 16.7 Å². The minimum Gasteiger partial charge on any atom is -0.507 e. The van der Waals surface area contributed by atoms with Gasteiger partial charge in [-0.1, -0.05) is 41.5 Å². The molecule has 0 saturated carbocycles. The molecule has 0 radical (unpaired) electrons. The lowest BCUT2D eigenvalue weighted by atomic mass is 9.78. The SMILES string of the molecule is COc1cc(/C=C/C(=O)NCc2cc(C(C)(C)C)c(O)c(C(C)(C)C)c2)cc(OC)c1O. The molecule has 0 aliphatic heterocycles. The molecule has 2 aromatic carbocycles. The number of carbonyl (C=O) groups excluding carboxylic acids is 1. The van der Waals surface area contributed by atoms with Crippen molar-refractivity contribution in [2.24, 2.45) is 0 Å². The van der Waals surface area contributed by atoms with Crippen molar-refractivity contribution in [2.75, 3.05) is 14.2 Å². The average Bonchev–Trinajstić information content (AvgIpc) is 2.70. The molecule has 0 unspecified atom stereocenters. The van der Waals surface area contributed by atoms with Gasteiger partial charge in [-0.2, -0.15) is 0 Å². The maximum absolute atomic E-state index is 12.4. The Hall–Kier alpha value is -3.15. The number of ether oxygens (including phenoxy) is 2. The van der Waals surface area contributed by atoms with E-state index in [1.165, 1.54) is 20.3 Å².